The van der Waals surface area contributed by atoms with Crippen LogP contribution in [0.15, 0.2) is 47.3 Å². The van der Waals surface area contributed by atoms with Crippen LogP contribution in [0, 0.1) is 13.8 Å². The maximum atomic E-state index is 13.1. The molecule has 7 nitrogen and oxygen atoms in total. The summed E-state index contributed by atoms with van der Waals surface area (Å²) < 4.78 is 24.8. The van der Waals surface area contributed by atoms with Crippen LogP contribution in [0.2, 0.25) is 0 Å². The van der Waals surface area contributed by atoms with Crippen molar-refractivity contribution in [3.05, 3.63) is 63.9 Å². The summed E-state index contributed by atoms with van der Waals surface area (Å²) in [5, 5.41) is 5.82. The normalized spacial score (nSPS) is 17.7. The van der Waals surface area contributed by atoms with Gasteiger partial charge in [-0.2, -0.15) is 5.10 Å². The van der Waals surface area contributed by atoms with Crippen LogP contribution in [0.25, 0.3) is 22.0 Å². The fourth-order valence-electron chi connectivity index (χ4n) is 4.06. The number of hydrogen-bond acceptors (Lipinski definition) is 5. The second-order valence-electron chi connectivity index (χ2n) is 8.24. The Balaban J connectivity index is 1.77. The predicted molar refractivity (Wildman–Crippen MR) is 121 cm³/mol. The van der Waals surface area contributed by atoms with Crippen molar-refractivity contribution in [3.63, 3.8) is 0 Å². The molecule has 1 aliphatic rings. The highest BCUT2D eigenvalue weighted by atomic mass is 32.2. The molecule has 0 radical (unpaired) electrons. The van der Waals surface area contributed by atoms with Crippen LogP contribution in [-0.2, 0) is 21.2 Å². The van der Waals surface area contributed by atoms with Crippen molar-refractivity contribution in [3.8, 4) is 11.3 Å². The lowest BCUT2D eigenvalue weighted by Gasteiger charge is -2.23. The van der Waals surface area contributed by atoms with Gasteiger partial charge in [-0.05, 0) is 38.0 Å². The molecule has 2 aromatic carbocycles. The first kappa shape index (κ1) is 21.2. The van der Waals surface area contributed by atoms with Crippen molar-refractivity contribution >= 4 is 26.5 Å². The number of carbonyl (C=O) groups is 1. The van der Waals surface area contributed by atoms with Crippen molar-refractivity contribution in [2.75, 3.05) is 18.6 Å². The number of likely N-dealkylation sites (N-methyl/N-ethyl adjacent to an activating group) is 1. The lowest BCUT2D eigenvalue weighted by Crippen LogP contribution is -2.41. The summed E-state index contributed by atoms with van der Waals surface area (Å²) in [6.45, 7) is 3.74. The number of rotatable bonds is 4. The Morgan fingerprint density at radius 3 is 2.55 bits per heavy atom. The third-order valence-electron chi connectivity index (χ3n) is 5.95. The molecule has 4 rings (SSSR count). The molecule has 3 aromatic rings. The molecule has 1 aliphatic heterocycles. The number of amides is 1. The number of aromatic nitrogens is 2. The summed E-state index contributed by atoms with van der Waals surface area (Å²) in [5.41, 5.74) is 3.31. The van der Waals surface area contributed by atoms with Crippen molar-refractivity contribution in [2.24, 2.45) is 0 Å². The number of aryl methyl sites for hydroxylation is 2. The monoisotopic (exact) mass is 439 g/mol. The van der Waals surface area contributed by atoms with E-state index in [2.05, 4.69) is 5.10 Å². The van der Waals surface area contributed by atoms with Gasteiger partial charge in [0, 0.05) is 24.0 Å². The van der Waals surface area contributed by atoms with E-state index in [1.54, 1.807) is 19.2 Å². The highest BCUT2D eigenvalue weighted by Crippen LogP contribution is 2.28. The Bertz CT molecular complexity index is 1340. The van der Waals surface area contributed by atoms with Gasteiger partial charge in [0.15, 0.2) is 9.84 Å². The molecule has 0 spiro atoms. The number of nitrogens with zero attached hydrogens (tertiary/aromatic N) is 3. The van der Waals surface area contributed by atoms with E-state index in [1.165, 1.54) is 9.58 Å². The molecule has 1 fully saturated rings. The fourth-order valence-corrected chi connectivity index (χ4v) is 5.83. The third-order valence-corrected chi connectivity index (χ3v) is 7.70. The minimum atomic E-state index is -3.11. The van der Waals surface area contributed by atoms with Gasteiger partial charge in [0.1, 0.15) is 6.54 Å². The molecular weight excluding hydrogens is 414 g/mol. The van der Waals surface area contributed by atoms with E-state index in [4.69, 9.17) is 0 Å². The van der Waals surface area contributed by atoms with Crippen molar-refractivity contribution in [2.45, 2.75) is 32.9 Å². The molecule has 0 bridgehead atoms. The smallest absolute Gasteiger partial charge is 0.275 e. The second kappa shape index (κ2) is 7.92. The van der Waals surface area contributed by atoms with Gasteiger partial charge >= 0.3 is 0 Å². The summed E-state index contributed by atoms with van der Waals surface area (Å²) >= 11 is 0. The Morgan fingerprint density at radius 1 is 1.16 bits per heavy atom. The average molecular weight is 440 g/mol. The first-order valence-electron chi connectivity index (χ1n) is 10.2. The van der Waals surface area contributed by atoms with Crippen LogP contribution in [0.4, 0.5) is 0 Å². The molecule has 1 atom stereocenters. The van der Waals surface area contributed by atoms with Gasteiger partial charge in [-0.1, -0.05) is 35.9 Å². The van der Waals surface area contributed by atoms with Crippen LogP contribution >= 0.6 is 0 Å². The standard InChI is InChI=1S/C23H25N3O4S/c1-15-8-9-16(2)20(12-15)22-18-6-4-5-7-19(18)23(28)26(24-22)13-21(27)25(3)17-10-11-31(29,30)14-17/h4-9,12,17H,10-11,13-14H2,1-3H3/t17-/m0/s1. The zero-order valence-corrected chi connectivity index (χ0v) is 18.6. The molecule has 1 aromatic heterocycles. The molecule has 2 heterocycles. The quantitative estimate of drug-likeness (QED) is 0.622. The molecule has 0 aliphatic carbocycles. The summed E-state index contributed by atoms with van der Waals surface area (Å²) in [7, 11) is -1.52. The molecule has 162 valence electrons. The van der Waals surface area contributed by atoms with Crippen molar-refractivity contribution in [1.29, 1.82) is 0 Å². The van der Waals surface area contributed by atoms with Crippen LogP contribution in [0.5, 0.6) is 0 Å². The molecule has 8 heteroatoms. The topological polar surface area (TPSA) is 89.3 Å². The van der Waals surface area contributed by atoms with E-state index in [0.29, 0.717) is 17.5 Å². The third kappa shape index (κ3) is 4.12. The van der Waals surface area contributed by atoms with Gasteiger partial charge in [-0.15, -0.1) is 0 Å². The first-order valence-corrected chi connectivity index (χ1v) is 12.0. The Kier molecular flexibility index (Phi) is 5.43. The lowest BCUT2D eigenvalue weighted by atomic mass is 9.99. The number of fused-ring (bicyclic) bond motifs is 1. The predicted octanol–water partition coefficient (Wildman–Crippen LogP) is 2.33. The van der Waals surface area contributed by atoms with Gasteiger partial charge < -0.3 is 4.90 Å². The number of sulfone groups is 1. The van der Waals surface area contributed by atoms with E-state index < -0.39 is 9.84 Å². The molecule has 31 heavy (non-hydrogen) atoms. The maximum absolute atomic E-state index is 13.1. The van der Waals surface area contributed by atoms with Gasteiger partial charge in [-0.3, -0.25) is 9.59 Å². The second-order valence-corrected chi connectivity index (χ2v) is 10.5. The first-order chi connectivity index (χ1) is 14.7. The Hall–Kier alpha value is -3.00. The highest BCUT2D eigenvalue weighted by molar-refractivity contribution is 7.91. The Labute approximate surface area is 181 Å². The molecule has 1 saturated heterocycles. The minimum absolute atomic E-state index is 0.0387. The SMILES string of the molecule is Cc1ccc(C)c(-c2nn(CC(=O)N(C)[C@H]3CCS(=O)(=O)C3)c(=O)c3ccccc23)c1. The molecular formula is C23H25N3O4S. The van der Waals surface area contributed by atoms with Crippen LogP contribution < -0.4 is 5.56 Å². The zero-order valence-electron chi connectivity index (χ0n) is 17.8. The lowest BCUT2D eigenvalue weighted by molar-refractivity contribution is -0.132. The summed E-state index contributed by atoms with van der Waals surface area (Å²) in [5.74, 6) is -0.289. The molecule has 1 amide bonds. The van der Waals surface area contributed by atoms with Crippen LogP contribution in [0.3, 0.4) is 0 Å². The van der Waals surface area contributed by atoms with E-state index >= 15 is 0 Å². The van der Waals surface area contributed by atoms with Gasteiger partial charge in [-0.25, -0.2) is 13.1 Å². The van der Waals surface area contributed by atoms with Gasteiger partial charge in [0.2, 0.25) is 5.91 Å². The van der Waals surface area contributed by atoms with Crippen LogP contribution in [-0.4, -0.2) is 53.6 Å². The summed E-state index contributed by atoms with van der Waals surface area (Å²) in [6.07, 6.45) is 0.415. The number of carbonyl (C=O) groups excluding carboxylic acids is 1. The fraction of sp³-hybridized carbons (Fsp3) is 0.348. The van der Waals surface area contributed by atoms with Crippen molar-refractivity contribution < 1.29 is 13.2 Å². The number of benzene rings is 2. The average Bonchev–Trinajstić information content (AvgIpc) is 3.11. The number of hydrogen-bond donors (Lipinski definition) is 0. The molecule has 0 saturated carbocycles. The van der Waals surface area contributed by atoms with E-state index in [9.17, 15) is 18.0 Å². The van der Waals surface area contributed by atoms with E-state index in [0.717, 1.165) is 22.1 Å². The minimum Gasteiger partial charge on any atom is -0.340 e. The van der Waals surface area contributed by atoms with Gasteiger partial charge in [0.05, 0.1) is 22.6 Å². The maximum Gasteiger partial charge on any atom is 0.275 e. The van der Waals surface area contributed by atoms with E-state index in [-0.39, 0.29) is 35.6 Å². The highest BCUT2D eigenvalue weighted by Gasteiger charge is 2.33. The summed E-state index contributed by atoms with van der Waals surface area (Å²) in [4.78, 5) is 27.4. The summed E-state index contributed by atoms with van der Waals surface area (Å²) in [6, 6.07) is 12.9. The largest absolute Gasteiger partial charge is 0.340 e. The molecule has 0 N–H and O–H groups in total. The zero-order chi connectivity index (χ0) is 22.3. The Morgan fingerprint density at radius 2 is 1.87 bits per heavy atom. The van der Waals surface area contributed by atoms with Crippen LogP contribution in [0.1, 0.15) is 17.5 Å². The van der Waals surface area contributed by atoms with Crippen molar-refractivity contribution in [1.82, 2.24) is 14.7 Å². The van der Waals surface area contributed by atoms with E-state index in [1.807, 2.05) is 44.2 Å². The van der Waals surface area contributed by atoms with Gasteiger partial charge in [0.25, 0.3) is 5.56 Å². The molecule has 0 unspecified atom stereocenters.